The summed E-state index contributed by atoms with van der Waals surface area (Å²) in [6, 6.07) is 5.76. The first-order chi connectivity index (χ1) is 19.4. The minimum Gasteiger partial charge on any atom is -0.510 e. The highest BCUT2D eigenvalue weighted by Gasteiger charge is 2.63. The summed E-state index contributed by atoms with van der Waals surface area (Å²) < 4.78 is 6.17. The van der Waals surface area contributed by atoms with E-state index < -0.39 is 58.0 Å². The summed E-state index contributed by atoms with van der Waals surface area (Å²) in [5, 5.41) is 44.9. The number of furan rings is 1. The van der Waals surface area contributed by atoms with Gasteiger partial charge in [0.2, 0.25) is 5.78 Å². The molecule has 4 aliphatic rings. The molecule has 0 unspecified atom stereocenters. The normalized spacial score (nSPS) is 28.2. The molecule has 1 aromatic carbocycles. The van der Waals surface area contributed by atoms with Crippen molar-refractivity contribution in [1.82, 2.24) is 9.80 Å². The van der Waals surface area contributed by atoms with Gasteiger partial charge in [0.1, 0.15) is 34.4 Å². The van der Waals surface area contributed by atoms with Crippen molar-refractivity contribution >= 4 is 17.5 Å². The first kappa shape index (κ1) is 27.3. The van der Waals surface area contributed by atoms with E-state index >= 15 is 0 Å². The highest BCUT2D eigenvalue weighted by Crippen LogP contribution is 2.53. The third kappa shape index (κ3) is 3.94. The number of aromatic hydroxyl groups is 1. The third-order valence-electron chi connectivity index (χ3n) is 9.11. The summed E-state index contributed by atoms with van der Waals surface area (Å²) >= 11 is 0. The van der Waals surface area contributed by atoms with Crippen LogP contribution in [0.4, 0.5) is 0 Å². The number of phenols is 1. The number of nitrogens with zero attached hydrogens (tertiary/aromatic N) is 2. The zero-order chi connectivity index (χ0) is 29.4. The number of likely N-dealkylation sites (N-methyl/N-ethyl adjacent to an activating group) is 1. The van der Waals surface area contributed by atoms with Gasteiger partial charge in [0, 0.05) is 17.1 Å². The Hall–Kier alpha value is -3.93. The first-order valence-electron chi connectivity index (χ1n) is 13.8. The van der Waals surface area contributed by atoms with E-state index in [4.69, 9.17) is 10.2 Å². The molecule has 6 N–H and O–H groups in total. The molecule has 41 heavy (non-hydrogen) atoms. The second kappa shape index (κ2) is 9.57. The standard InChI is InChI=1S/C30H33N3O8/c1-32(2)24-18-12-14-11-17-16(20-8-5-15(41-20)13-33-9-3-4-10-33)6-7-19(34)22(17)25(35)21(14)27(37)30(18,40)28(38)23(26(24)36)29(31)39/h5-8,14,18,24,34,36-37,40H,3-4,9-13H2,1-2H3,(H2,31,39)/t14-,18-,24+,30-/m0/s1. The van der Waals surface area contributed by atoms with Gasteiger partial charge in [-0.05, 0) is 88.6 Å². The molecule has 2 heterocycles. The van der Waals surface area contributed by atoms with Gasteiger partial charge in [0.05, 0.1) is 18.2 Å². The number of fused-ring (bicyclic) bond motifs is 3. The topological polar surface area (TPSA) is 178 Å². The average Bonchev–Trinajstić information content (AvgIpc) is 3.59. The van der Waals surface area contributed by atoms with Crippen LogP contribution in [0.15, 0.2) is 51.3 Å². The smallest absolute Gasteiger partial charge is 0.255 e. The summed E-state index contributed by atoms with van der Waals surface area (Å²) in [4.78, 5) is 43.3. The van der Waals surface area contributed by atoms with Crippen molar-refractivity contribution in [2.24, 2.45) is 17.6 Å². The van der Waals surface area contributed by atoms with Gasteiger partial charge in [-0.3, -0.25) is 24.2 Å². The highest BCUT2D eigenvalue weighted by molar-refractivity contribution is 6.24. The molecule has 0 saturated carbocycles. The van der Waals surface area contributed by atoms with Crippen molar-refractivity contribution in [3.63, 3.8) is 0 Å². The fourth-order valence-corrected chi connectivity index (χ4v) is 7.25. The fraction of sp³-hybridized carbons (Fsp3) is 0.433. The molecule has 1 saturated heterocycles. The van der Waals surface area contributed by atoms with Crippen molar-refractivity contribution in [3.8, 4) is 17.1 Å². The number of ketones is 2. The second-order valence-electron chi connectivity index (χ2n) is 11.7. The van der Waals surface area contributed by atoms with Gasteiger partial charge in [-0.25, -0.2) is 0 Å². The van der Waals surface area contributed by atoms with E-state index in [1.54, 1.807) is 20.2 Å². The van der Waals surface area contributed by atoms with Crippen LogP contribution in [0.1, 0.15) is 40.9 Å². The van der Waals surface area contributed by atoms with Crippen LogP contribution < -0.4 is 5.73 Å². The molecule has 2 aromatic rings. The quantitative estimate of drug-likeness (QED) is 0.338. The van der Waals surface area contributed by atoms with Gasteiger partial charge in [-0.1, -0.05) is 0 Å². The number of carbonyl (C=O) groups excluding carboxylic acids is 3. The molecule has 1 aliphatic heterocycles. The molecular weight excluding hydrogens is 530 g/mol. The molecular formula is C30H33N3O8. The Morgan fingerprint density at radius 1 is 1.12 bits per heavy atom. The summed E-state index contributed by atoms with van der Waals surface area (Å²) in [6.45, 7) is 2.69. The zero-order valence-corrected chi connectivity index (χ0v) is 22.9. The van der Waals surface area contributed by atoms with E-state index in [9.17, 15) is 34.8 Å². The lowest BCUT2D eigenvalue weighted by Crippen LogP contribution is -2.63. The second-order valence-corrected chi connectivity index (χ2v) is 11.7. The molecule has 4 atom stereocenters. The number of likely N-dealkylation sites (tertiary alicyclic amines) is 1. The van der Waals surface area contributed by atoms with Gasteiger partial charge in [-0.15, -0.1) is 0 Å². The molecule has 6 rings (SSSR count). The Bertz CT molecular complexity index is 1550. The van der Waals surface area contributed by atoms with E-state index in [-0.39, 0.29) is 29.7 Å². The van der Waals surface area contributed by atoms with Crippen LogP contribution >= 0.6 is 0 Å². The number of allylic oxidation sites excluding steroid dienone is 1. The summed E-state index contributed by atoms with van der Waals surface area (Å²) in [5.41, 5.74) is 2.82. The first-order valence-corrected chi connectivity index (χ1v) is 13.8. The Morgan fingerprint density at radius 3 is 2.49 bits per heavy atom. The number of rotatable bonds is 5. The van der Waals surface area contributed by atoms with Gasteiger partial charge in [0.25, 0.3) is 5.91 Å². The van der Waals surface area contributed by atoms with Gasteiger partial charge in [0.15, 0.2) is 11.4 Å². The van der Waals surface area contributed by atoms with Gasteiger partial charge in [-0.2, -0.15) is 0 Å². The minimum absolute atomic E-state index is 0.0270. The van der Waals surface area contributed by atoms with Crippen LogP contribution in [0.5, 0.6) is 5.75 Å². The number of aliphatic hydroxyl groups is 3. The molecule has 1 amide bonds. The largest absolute Gasteiger partial charge is 0.510 e. The summed E-state index contributed by atoms with van der Waals surface area (Å²) in [7, 11) is 3.19. The number of aliphatic hydroxyl groups excluding tert-OH is 2. The van der Waals surface area contributed by atoms with E-state index in [1.807, 2.05) is 12.1 Å². The van der Waals surface area contributed by atoms with Crippen molar-refractivity contribution in [3.05, 3.63) is 63.8 Å². The van der Waals surface area contributed by atoms with Gasteiger partial charge < -0.3 is 30.6 Å². The maximum absolute atomic E-state index is 13.9. The lowest BCUT2D eigenvalue weighted by molar-refractivity contribution is -0.148. The molecule has 1 fully saturated rings. The summed E-state index contributed by atoms with van der Waals surface area (Å²) in [6.07, 6.45) is 2.53. The van der Waals surface area contributed by atoms with Crippen LogP contribution in [-0.2, 0) is 22.6 Å². The Kier molecular flexibility index (Phi) is 6.36. The molecule has 0 radical (unpaired) electrons. The van der Waals surface area contributed by atoms with Crippen LogP contribution in [0.2, 0.25) is 0 Å². The van der Waals surface area contributed by atoms with E-state index in [0.29, 0.717) is 23.4 Å². The lowest BCUT2D eigenvalue weighted by atomic mass is 9.58. The molecule has 0 spiro atoms. The van der Waals surface area contributed by atoms with Gasteiger partial charge >= 0.3 is 0 Å². The zero-order valence-electron chi connectivity index (χ0n) is 22.9. The maximum atomic E-state index is 13.9. The third-order valence-corrected chi connectivity index (χ3v) is 9.11. The minimum atomic E-state index is -2.66. The van der Waals surface area contributed by atoms with Crippen molar-refractivity contribution < 1.29 is 39.2 Å². The van der Waals surface area contributed by atoms with E-state index in [1.165, 1.54) is 11.0 Å². The predicted molar refractivity (Wildman–Crippen MR) is 146 cm³/mol. The Balaban J connectivity index is 1.45. The molecule has 216 valence electrons. The number of phenolic OH excluding ortho intramolecular Hbond substituents is 1. The average molecular weight is 564 g/mol. The number of hydrogen-bond acceptors (Lipinski definition) is 10. The number of carbonyl (C=O) groups is 3. The van der Waals surface area contributed by atoms with Crippen LogP contribution in [0.25, 0.3) is 11.3 Å². The van der Waals surface area contributed by atoms with E-state index in [0.717, 1.165) is 31.7 Å². The van der Waals surface area contributed by atoms with Crippen molar-refractivity contribution in [2.75, 3.05) is 27.2 Å². The Labute approximate surface area is 236 Å². The number of hydrogen-bond donors (Lipinski definition) is 5. The predicted octanol–water partition coefficient (Wildman–Crippen LogP) is 1.98. The van der Waals surface area contributed by atoms with E-state index in [2.05, 4.69) is 4.90 Å². The van der Waals surface area contributed by atoms with Crippen molar-refractivity contribution in [1.29, 1.82) is 0 Å². The molecule has 3 aliphatic carbocycles. The van der Waals surface area contributed by atoms with Crippen molar-refractivity contribution in [2.45, 2.75) is 43.9 Å². The SMILES string of the molecule is CN(C)[C@H]1C(O)=C(C(N)=O)C(=O)[C@@]2(O)C(O)=C3C(=O)c4c(O)ccc(-c5ccc(CN6CCCC6)o5)c4C[C@H]3C[C@@H]12. The summed E-state index contributed by atoms with van der Waals surface area (Å²) in [5.74, 6) is -5.42. The molecule has 0 bridgehead atoms. The lowest BCUT2D eigenvalue weighted by Gasteiger charge is -2.50. The molecule has 11 heteroatoms. The van der Waals surface area contributed by atoms with Crippen LogP contribution in [0.3, 0.4) is 0 Å². The number of nitrogens with two attached hydrogens (primary N) is 1. The monoisotopic (exact) mass is 563 g/mol. The maximum Gasteiger partial charge on any atom is 0.255 e. The fourth-order valence-electron chi connectivity index (χ4n) is 7.25. The highest BCUT2D eigenvalue weighted by atomic mass is 16.4. The number of primary amides is 1. The van der Waals surface area contributed by atoms with Crippen LogP contribution in [0, 0.1) is 11.8 Å². The van der Waals surface area contributed by atoms with Crippen LogP contribution in [-0.4, -0.2) is 86.5 Å². The Morgan fingerprint density at radius 2 is 1.83 bits per heavy atom. The number of Topliss-reactive ketones (excluding diaryl/α,β-unsaturated/α-hetero) is 2. The molecule has 1 aromatic heterocycles. The number of amides is 1. The molecule has 11 nitrogen and oxygen atoms in total. The number of benzene rings is 1.